The maximum absolute atomic E-state index is 12.1. The zero-order valence-electron chi connectivity index (χ0n) is 14.3. The molecule has 3 aromatic rings. The predicted molar refractivity (Wildman–Crippen MR) is 109 cm³/mol. The summed E-state index contributed by atoms with van der Waals surface area (Å²) in [4.78, 5) is 4.13. The zero-order valence-corrected chi connectivity index (χ0v) is 16.6. The fourth-order valence-corrected chi connectivity index (χ4v) is 2.22. The Labute approximate surface area is 175 Å². The third-order valence-corrected chi connectivity index (χ3v) is 3.39. The number of benzene rings is 2. The normalized spacial score (nSPS) is 11.6. The second-order valence-electron chi connectivity index (χ2n) is 5.45. The first kappa shape index (κ1) is 21.5. The number of aromatic nitrogens is 1. The van der Waals surface area contributed by atoms with E-state index in [1.807, 2.05) is 30.3 Å². The predicted octanol–water partition coefficient (Wildman–Crippen LogP) is 4.79. The van der Waals surface area contributed by atoms with Crippen molar-refractivity contribution in [1.29, 1.82) is 0 Å². The Balaban J connectivity index is 0.00000280. The van der Waals surface area contributed by atoms with Crippen molar-refractivity contribution in [3.63, 3.8) is 0 Å². The highest BCUT2D eigenvalue weighted by Gasteiger charge is 2.30. The van der Waals surface area contributed by atoms with Gasteiger partial charge in [-0.3, -0.25) is 0 Å². The first-order valence-corrected chi connectivity index (χ1v) is 7.83. The van der Waals surface area contributed by atoms with Crippen LogP contribution in [-0.4, -0.2) is 17.5 Å². The van der Waals surface area contributed by atoms with Gasteiger partial charge in [0, 0.05) is 17.3 Å². The number of hydrogen-bond donors (Lipinski definition) is 2. The molecule has 3 N–H and O–H groups in total. The zero-order chi connectivity index (χ0) is 19.3. The van der Waals surface area contributed by atoms with Crippen LogP contribution in [0.4, 0.5) is 18.9 Å². The summed E-state index contributed by atoms with van der Waals surface area (Å²) >= 11 is 0. The molecule has 0 amide bonds. The van der Waals surface area contributed by atoms with Crippen molar-refractivity contribution < 1.29 is 22.4 Å². The minimum atomic E-state index is -4.73. The lowest BCUT2D eigenvalue weighted by Crippen LogP contribution is -2.22. The van der Waals surface area contributed by atoms with E-state index < -0.39 is 6.36 Å². The number of hydrogen-bond acceptors (Lipinski definition) is 4. The van der Waals surface area contributed by atoms with E-state index in [4.69, 9.17) is 10.3 Å². The van der Waals surface area contributed by atoms with Crippen molar-refractivity contribution in [2.24, 2.45) is 10.7 Å². The van der Waals surface area contributed by atoms with Crippen LogP contribution >= 0.6 is 24.0 Å². The van der Waals surface area contributed by atoms with E-state index in [9.17, 15) is 13.2 Å². The summed E-state index contributed by atoms with van der Waals surface area (Å²) in [7, 11) is 0. The number of alkyl halides is 3. The quantitative estimate of drug-likeness (QED) is 0.297. The van der Waals surface area contributed by atoms with Gasteiger partial charge in [-0.05, 0) is 24.3 Å². The third kappa shape index (κ3) is 6.44. The van der Waals surface area contributed by atoms with Crippen LogP contribution in [0.2, 0.25) is 0 Å². The minimum Gasteiger partial charge on any atom is -0.406 e. The van der Waals surface area contributed by atoms with Gasteiger partial charge in [-0.2, -0.15) is 0 Å². The van der Waals surface area contributed by atoms with Gasteiger partial charge < -0.3 is 20.3 Å². The van der Waals surface area contributed by atoms with Crippen LogP contribution < -0.4 is 15.8 Å². The van der Waals surface area contributed by atoms with Gasteiger partial charge in [0.25, 0.3) is 0 Å². The number of anilines is 1. The molecule has 0 saturated carbocycles. The van der Waals surface area contributed by atoms with E-state index in [0.29, 0.717) is 17.1 Å². The van der Waals surface area contributed by atoms with Gasteiger partial charge in [0.15, 0.2) is 11.7 Å². The molecule has 6 nitrogen and oxygen atoms in total. The van der Waals surface area contributed by atoms with Gasteiger partial charge in [0.05, 0.1) is 6.54 Å². The monoisotopic (exact) mass is 504 g/mol. The molecule has 0 fully saturated rings. The van der Waals surface area contributed by atoms with Crippen molar-refractivity contribution >= 4 is 35.6 Å². The number of aliphatic imine (C=N–C) groups is 1. The molecular formula is C18H16F3IN4O2. The highest BCUT2D eigenvalue weighted by atomic mass is 127. The average molecular weight is 504 g/mol. The summed E-state index contributed by atoms with van der Waals surface area (Å²) in [6.07, 6.45) is -4.73. The molecule has 1 aromatic heterocycles. The minimum absolute atomic E-state index is 0. The molecule has 0 unspecified atom stereocenters. The SMILES string of the molecule is I.NC(=NCc1cc(-c2ccccc2)on1)Nc1ccc(OC(F)(F)F)cc1. The molecule has 0 atom stereocenters. The number of nitrogens with zero attached hydrogens (tertiary/aromatic N) is 2. The highest BCUT2D eigenvalue weighted by Crippen LogP contribution is 2.24. The molecule has 0 aliphatic rings. The lowest BCUT2D eigenvalue weighted by Gasteiger charge is -2.10. The van der Waals surface area contributed by atoms with Gasteiger partial charge in [-0.25, -0.2) is 4.99 Å². The van der Waals surface area contributed by atoms with Crippen molar-refractivity contribution in [3.8, 4) is 17.1 Å². The Morgan fingerprint density at radius 3 is 2.43 bits per heavy atom. The van der Waals surface area contributed by atoms with E-state index in [2.05, 4.69) is 20.2 Å². The molecule has 0 spiro atoms. The second-order valence-corrected chi connectivity index (χ2v) is 5.45. The van der Waals surface area contributed by atoms with Crippen LogP contribution in [0.25, 0.3) is 11.3 Å². The first-order valence-electron chi connectivity index (χ1n) is 7.83. The summed E-state index contributed by atoms with van der Waals surface area (Å²) in [6.45, 7) is 0.185. The largest absolute Gasteiger partial charge is 0.573 e. The summed E-state index contributed by atoms with van der Waals surface area (Å²) in [5, 5.41) is 6.70. The van der Waals surface area contributed by atoms with Crippen molar-refractivity contribution in [2.45, 2.75) is 12.9 Å². The highest BCUT2D eigenvalue weighted by molar-refractivity contribution is 14.0. The van der Waals surface area contributed by atoms with Crippen LogP contribution in [0.3, 0.4) is 0 Å². The van der Waals surface area contributed by atoms with E-state index in [1.165, 1.54) is 24.3 Å². The Morgan fingerprint density at radius 2 is 1.79 bits per heavy atom. The van der Waals surface area contributed by atoms with Gasteiger partial charge in [0.1, 0.15) is 11.4 Å². The van der Waals surface area contributed by atoms with Crippen molar-refractivity contribution in [3.05, 3.63) is 66.4 Å². The average Bonchev–Trinajstić information content (AvgIpc) is 3.10. The van der Waals surface area contributed by atoms with Crippen molar-refractivity contribution in [2.75, 3.05) is 5.32 Å². The topological polar surface area (TPSA) is 85.7 Å². The lowest BCUT2D eigenvalue weighted by atomic mass is 10.2. The molecule has 1 heterocycles. The van der Waals surface area contributed by atoms with E-state index in [1.54, 1.807) is 6.07 Å². The molecule has 2 aromatic carbocycles. The third-order valence-electron chi connectivity index (χ3n) is 3.39. The Hall–Kier alpha value is -2.76. The molecule has 0 aliphatic carbocycles. The second kappa shape index (κ2) is 9.44. The number of ether oxygens (including phenoxy) is 1. The summed E-state index contributed by atoms with van der Waals surface area (Å²) in [5.41, 5.74) is 7.74. The smallest absolute Gasteiger partial charge is 0.406 e. The number of guanidine groups is 1. The molecule has 0 radical (unpaired) electrons. The van der Waals surface area contributed by atoms with Gasteiger partial charge in [0.2, 0.25) is 0 Å². The van der Waals surface area contributed by atoms with Gasteiger partial charge in [-0.1, -0.05) is 35.5 Å². The Bertz CT molecular complexity index is 913. The summed E-state index contributed by atoms with van der Waals surface area (Å²) in [5.74, 6) is 0.385. The number of nitrogens with one attached hydrogen (secondary N) is 1. The fourth-order valence-electron chi connectivity index (χ4n) is 2.22. The first-order chi connectivity index (χ1) is 12.9. The molecule has 3 rings (SSSR count). The van der Waals surface area contributed by atoms with E-state index in [-0.39, 0.29) is 42.2 Å². The van der Waals surface area contributed by atoms with Gasteiger partial charge >= 0.3 is 6.36 Å². The van der Waals surface area contributed by atoms with E-state index in [0.717, 1.165) is 5.56 Å². The standard InChI is InChI=1S/C18H15F3N4O2.HI/c19-18(20,21)26-15-8-6-13(7-9-15)24-17(22)23-11-14-10-16(27-25-14)12-4-2-1-3-5-12;/h1-10H,11H2,(H3,22,23,24);1H. The Kier molecular flexibility index (Phi) is 7.26. The molecule has 0 aliphatic heterocycles. The lowest BCUT2D eigenvalue weighted by molar-refractivity contribution is -0.274. The molecular weight excluding hydrogens is 488 g/mol. The molecule has 148 valence electrons. The summed E-state index contributed by atoms with van der Waals surface area (Å²) < 4.78 is 45.5. The fraction of sp³-hybridized carbons (Fsp3) is 0.111. The Morgan fingerprint density at radius 1 is 1.11 bits per heavy atom. The number of halogens is 4. The number of nitrogens with two attached hydrogens (primary N) is 1. The maximum atomic E-state index is 12.1. The number of rotatable bonds is 5. The van der Waals surface area contributed by atoms with E-state index >= 15 is 0 Å². The molecule has 0 saturated heterocycles. The van der Waals surface area contributed by atoms with Gasteiger partial charge in [-0.15, -0.1) is 37.1 Å². The molecule has 28 heavy (non-hydrogen) atoms. The maximum Gasteiger partial charge on any atom is 0.573 e. The van der Waals surface area contributed by atoms with Crippen LogP contribution in [0, 0.1) is 0 Å². The van der Waals surface area contributed by atoms with Crippen LogP contribution in [-0.2, 0) is 6.54 Å². The summed E-state index contributed by atoms with van der Waals surface area (Å²) in [6, 6.07) is 16.4. The molecule has 10 heteroatoms. The van der Waals surface area contributed by atoms with Crippen LogP contribution in [0.15, 0.2) is 70.2 Å². The van der Waals surface area contributed by atoms with Crippen molar-refractivity contribution in [1.82, 2.24) is 5.16 Å². The van der Waals surface area contributed by atoms with Crippen LogP contribution in [0.5, 0.6) is 5.75 Å². The van der Waals surface area contributed by atoms with Crippen LogP contribution in [0.1, 0.15) is 5.69 Å². The molecule has 0 bridgehead atoms.